The van der Waals surface area contributed by atoms with Crippen molar-refractivity contribution in [3.8, 4) is 0 Å². The fraction of sp³-hybridized carbons (Fsp3) is 0.875. The number of rotatable bonds is 3. The van der Waals surface area contributed by atoms with E-state index in [0.717, 1.165) is 4.31 Å². The van der Waals surface area contributed by atoms with E-state index in [9.17, 15) is 13.2 Å². The molecule has 1 fully saturated rings. The Hall–Kier alpha value is -0.700. The molecule has 7 nitrogen and oxygen atoms in total. The fourth-order valence-corrected chi connectivity index (χ4v) is 2.24. The first-order chi connectivity index (χ1) is 7.36. The second-order valence-electron chi connectivity index (χ2n) is 3.78. The van der Waals surface area contributed by atoms with Crippen molar-refractivity contribution in [2.24, 2.45) is 10.9 Å². The molecule has 1 saturated heterocycles. The lowest BCUT2D eigenvalue weighted by atomic mass is 10.2. The van der Waals surface area contributed by atoms with Gasteiger partial charge in [-0.15, -0.1) is 0 Å². The molecule has 0 bridgehead atoms. The van der Waals surface area contributed by atoms with Gasteiger partial charge in [-0.05, 0) is 6.42 Å². The van der Waals surface area contributed by atoms with E-state index in [2.05, 4.69) is 0 Å². The SMILES string of the molecule is CC[C@H](N)C(=O)N1CCN(S(N)(=O)=O)CC1. The highest BCUT2D eigenvalue weighted by molar-refractivity contribution is 7.86. The highest BCUT2D eigenvalue weighted by atomic mass is 32.2. The van der Waals surface area contributed by atoms with Gasteiger partial charge in [0.05, 0.1) is 6.04 Å². The zero-order valence-corrected chi connectivity index (χ0v) is 10.1. The molecule has 1 aliphatic heterocycles. The number of nitrogens with zero attached hydrogens (tertiary/aromatic N) is 2. The van der Waals surface area contributed by atoms with E-state index in [-0.39, 0.29) is 19.0 Å². The largest absolute Gasteiger partial charge is 0.339 e. The molecule has 0 aromatic rings. The van der Waals surface area contributed by atoms with Crippen molar-refractivity contribution in [1.82, 2.24) is 9.21 Å². The number of hydrogen-bond donors (Lipinski definition) is 2. The van der Waals surface area contributed by atoms with Crippen molar-refractivity contribution in [3.63, 3.8) is 0 Å². The van der Waals surface area contributed by atoms with E-state index >= 15 is 0 Å². The molecule has 16 heavy (non-hydrogen) atoms. The molecule has 94 valence electrons. The van der Waals surface area contributed by atoms with Crippen LogP contribution in [0.2, 0.25) is 0 Å². The minimum Gasteiger partial charge on any atom is -0.339 e. The van der Waals surface area contributed by atoms with Crippen LogP contribution >= 0.6 is 0 Å². The molecule has 4 N–H and O–H groups in total. The van der Waals surface area contributed by atoms with Crippen molar-refractivity contribution >= 4 is 16.1 Å². The number of hydrogen-bond acceptors (Lipinski definition) is 4. The van der Waals surface area contributed by atoms with Gasteiger partial charge in [-0.3, -0.25) is 4.79 Å². The highest BCUT2D eigenvalue weighted by Crippen LogP contribution is 2.06. The molecule has 0 unspecified atom stereocenters. The quantitative estimate of drug-likeness (QED) is 0.608. The van der Waals surface area contributed by atoms with Gasteiger partial charge in [-0.2, -0.15) is 12.7 Å². The first-order valence-electron chi connectivity index (χ1n) is 5.18. The standard InChI is InChI=1S/C8H18N4O3S/c1-2-7(9)8(13)11-3-5-12(6-4-11)16(10,14)15/h7H,2-6,9H2,1H3,(H2,10,14,15)/t7-/m0/s1. The van der Waals surface area contributed by atoms with E-state index in [1.807, 2.05) is 6.92 Å². The molecule has 0 spiro atoms. The number of piperazine rings is 1. The molecular weight excluding hydrogens is 232 g/mol. The summed E-state index contributed by atoms with van der Waals surface area (Å²) in [6, 6.07) is -0.499. The molecule has 0 aromatic heterocycles. The lowest BCUT2D eigenvalue weighted by Crippen LogP contribution is -2.55. The molecule has 1 aliphatic rings. The van der Waals surface area contributed by atoms with Gasteiger partial charge in [0.15, 0.2) is 0 Å². The summed E-state index contributed by atoms with van der Waals surface area (Å²) in [7, 11) is -3.64. The molecule has 0 aromatic carbocycles. The molecule has 8 heteroatoms. The zero-order valence-electron chi connectivity index (χ0n) is 9.30. The van der Waals surface area contributed by atoms with E-state index in [1.54, 1.807) is 4.90 Å². The lowest BCUT2D eigenvalue weighted by molar-refractivity contribution is -0.133. The minimum absolute atomic E-state index is 0.128. The van der Waals surface area contributed by atoms with Gasteiger partial charge in [0, 0.05) is 26.2 Å². The van der Waals surface area contributed by atoms with Gasteiger partial charge < -0.3 is 10.6 Å². The summed E-state index contributed by atoms with van der Waals surface area (Å²) in [5, 5.41) is 4.99. The van der Waals surface area contributed by atoms with Gasteiger partial charge in [0.25, 0.3) is 10.2 Å². The lowest BCUT2D eigenvalue weighted by Gasteiger charge is -2.34. The summed E-state index contributed by atoms with van der Waals surface area (Å²) in [5.74, 6) is -0.128. The first kappa shape index (κ1) is 13.4. The van der Waals surface area contributed by atoms with E-state index < -0.39 is 16.3 Å². The first-order valence-corrected chi connectivity index (χ1v) is 6.68. The summed E-state index contributed by atoms with van der Waals surface area (Å²) in [6.07, 6.45) is 0.578. The van der Waals surface area contributed by atoms with Crippen LogP contribution < -0.4 is 10.9 Å². The van der Waals surface area contributed by atoms with Crippen LogP contribution in [-0.2, 0) is 15.0 Å². The Morgan fingerprint density at radius 2 is 1.81 bits per heavy atom. The third kappa shape index (κ3) is 3.14. The van der Waals surface area contributed by atoms with Crippen LogP contribution in [0.3, 0.4) is 0 Å². The normalized spacial score (nSPS) is 20.8. The molecule has 1 heterocycles. The predicted molar refractivity (Wildman–Crippen MR) is 59.5 cm³/mol. The van der Waals surface area contributed by atoms with E-state index in [1.165, 1.54) is 0 Å². The number of amides is 1. The monoisotopic (exact) mass is 250 g/mol. The molecule has 1 rings (SSSR count). The summed E-state index contributed by atoms with van der Waals surface area (Å²) in [4.78, 5) is 13.3. The van der Waals surface area contributed by atoms with Crippen molar-refractivity contribution in [3.05, 3.63) is 0 Å². The molecule has 0 radical (unpaired) electrons. The van der Waals surface area contributed by atoms with Crippen molar-refractivity contribution in [1.29, 1.82) is 0 Å². The highest BCUT2D eigenvalue weighted by Gasteiger charge is 2.28. The molecule has 1 atom stereocenters. The zero-order chi connectivity index (χ0) is 12.3. The van der Waals surface area contributed by atoms with Crippen LogP contribution in [-0.4, -0.2) is 55.8 Å². The Balaban J connectivity index is 2.53. The van der Waals surface area contributed by atoms with Gasteiger partial charge in [0.2, 0.25) is 5.91 Å². The average molecular weight is 250 g/mol. The Bertz CT molecular complexity index is 348. The van der Waals surface area contributed by atoms with Gasteiger partial charge in [-0.1, -0.05) is 6.92 Å². The predicted octanol–water partition coefficient (Wildman–Crippen LogP) is -1.93. The molecule has 0 saturated carbocycles. The van der Waals surface area contributed by atoms with Crippen LogP contribution in [0.1, 0.15) is 13.3 Å². The molecule has 0 aliphatic carbocycles. The smallest absolute Gasteiger partial charge is 0.277 e. The Morgan fingerprint density at radius 3 is 2.19 bits per heavy atom. The number of carbonyl (C=O) groups is 1. The summed E-state index contributed by atoms with van der Waals surface area (Å²) >= 11 is 0. The van der Waals surface area contributed by atoms with Gasteiger partial charge in [0.1, 0.15) is 0 Å². The second-order valence-corrected chi connectivity index (χ2v) is 5.33. The number of carbonyl (C=O) groups excluding carboxylic acids is 1. The van der Waals surface area contributed by atoms with E-state index in [4.69, 9.17) is 10.9 Å². The maximum absolute atomic E-state index is 11.7. The summed E-state index contributed by atoms with van der Waals surface area (Å²) < 4.78 is 23.2. The van der Waals surface area contributed by atoms with Crippen LogP contribution in [0, 0.1) is 0 Å². The van der Waals surface area contributed by atoms with Crippen LogP contribution in [0.25, 0.3) is 0 Å². The van der Waals surface area contributed by atoms with Crippen molar-refractivity contribution in [2.75, 3.05) is 26.2 Å². The second kappa shape index (κ2) is 5.09. The minimum atomic E-state index is -3.64. The van der Waals surface area contributed by atoms with Crippen molar-refractivity contribution in [2.45, 2.75) is 19.4 Å². The van der Waals surface area contributed by atoms with Gasteiger partial charge in [-0.25, -0.2) is 5.14 Å². The summed E-state index contributed by atoms with van der Waals surface area (Å²) in [6.45, 7) is 3.01. The maximum Gasteiger partial charge on any atom is 0.277 e. The average Bonchev–Trinajstić information content (AvgIpc) is 2.26. The Labute approximate surface area is 95.5 Å². The van der Waals surface area contributed by atoms with Crippen LogP contribution in [0.15, 0.2) is 0 Å². The fourth-order valence-electron chi connectivity index (χ4n) is 1.57. The maximum atomic E-state index is 11.7. The Kier molecular flexibility index (Phi) is 4.25. The van der Waals surface area contributed by atoms with Crippen LogP contribution in [0.5, 0.6) is 0 Å². The summed E-state index contributed by atoms with van der Waals surface area (Å²) in [5.41, 5.74) is 5.62. The van der Waals surface area contributed by atoms with Gasteiger partial charge >= 0.3 is 0 Å². The topological polar surface area (TPSA) is 110 Å². The molecule has 1 amide bonds. The van der Waals surface area contributed by atoms with Crippen LogP contribution in [0.4, 0.5) is 0 Å². The Morgan fingerprint density at radius 1 is 1.31 bits per heavy atom. The number of nitrogens with two attached hydrogens (primary N) is 2. The van der Waals surface area contributed by atoms with E-state index in [0.29, 0.717) is 19.5 Å². The third-order valence-electron chi connectivity index (χ3n) is 2.67. The third-order valence-corrected chi connectivity index (χ3v) is 3.75. The molecular formula is C8H18N4O3S. The van der Waals surface area contributed by atoms with Crippen molar-refractivity contribution < 1.29 is 13.2 Å².